The van der Waals surface area contributed by atoms with Crippen molar-refractivity contribution in [2.75, 3.05) is 46.3 Å². The number of primary amides is 1. The van der Waals surface area contributed by atoms with Gasteiger partial charge in [0.25, 0.3) is 0 Å². The number of nitrogens with one attached hydrogen (secondary N) is 2. The number of hydrogen-bond donors (Lipinski definition) is 5. The van der Waals surface area contributed by atoms with E-state index in [0.717, 1.165) is 63.0 Å². The number of carboxylic acids is 1. The molecule has 1 aromatic rings. The Morgan fingerprint density at radius 1 is 1.10 bits per heavy atom. The number of benzene rings is 1. The Morgan fingerprint density at radius 2 is 1.72 bits per heavy atom. The van der Waals surface area contributed by atoms with Gasteiger partial charge in [-0.25, -0.2) is 4.79 Å². The second kappa shape index (κ2) is 17.4. The second-order valence-electron chi connectivity index (χ2n) is 9.34. The molecular formula is C25H39F3N6O5. The number of carbonyl (C=O) groups is 4. The summed E-state index contributed by atoms with van der Waals surface area (Å²) in [4.78, 5) is 48.9. The smallest absolute Gasteiger partial charge is 0.475 e. The van der Waals surface area contributed by atoms with Gasteiger partial charge in [0.2, 0.25) is 5.91 Å². The van der Waals surface area contributed by atoms with Crippen LogP contribution in [-0.4, -0.2) is 91.1 Å². The van der Waals surface area contributed by atoms with Crippen molar-refractivity contribution in [3.63, 3.8) is 0 Å². The van der Waals surface area contributed by atoms with E-state index in [-0.39, 0.29) is 18.4 Å². The number of halogens is 3. The number of alkyl halides is 3. The molecule has 1 unspecified atom stereocenters. The van der Waals surface area contributed by atoms with Gasteiger partial charge in [-0.15, -0.1) is 0 Å². The number of carboxylic acid groups (broad SMARTS) is 1. The lowest BCUT2D eigenvalue weighted by Gasteiger charge is -2.31. The highest BCUT2D eigenvalue weighted by atomic mass is 19.4. The van der Waals surface area contributed by atoms with Crippen molar-refractivity contribution in [2.24, 2.45) is 17.4 Å². The number of likely N-dealkylation sites (tertiary alicyclic amines) is 1. The predicted molar refractivity (Wildman–Crippen MR) is 138 cm³/mol. The Labute approximate surface area is 226 Å². The number of hydrogen-bond acceptors (Lipinski definition) is 7. The Kier molecular flexibility index (Phi) is 15.1. The maximum Gasteiger partial charge on any atom is 0.490 e. The largest absolute Gasteiger partial charge is 0.490 e. The van der Waals surface area contributed by atoms with E-state index >= 15 is 0 Å². The minimum Gasteiger partial charge on any atom is -0.475 e. The van der Waals surface area contributed by atoms with Gasteiger partial charge in [0.1, 0.15) is 0 Å². The molecule has 1 aliphatic rings. The van der Waals surface area contributed by atoms with E-state index in [9.17, 15) is 27.6 Å². The molecule has 1 fully saturated rings. The van der Waals surface area contributed by atoms with E-state index in [0.29, 0.717) is 19.6 Å². The molecule has 0 radical (unpaired) electrons. The number of amides is 3. The second-order valence-corrected chi connectivity index (χ2v) is 9.34. The lowest BCUT2D eigenvalue weighted by atomic mass is 9.97. The van der Waals surface area contributed by atoms with Gasteiger partial charge in [0, 0.05) is 26.2 Å². The number of rotatable bonds is 12. The molecule has 1 aliphatic heterocycles. The van der Waals surface area contributed by atoms with Crippen LogP contribution in [0.2, 0.25) is 0 Å². The third-order valence-corrected chi connectivity index (χ3v) is 5.95. The Morgan fingerprint density at radius 3 is 2.33 bits per heavy atom. The minimum atomic E-state index is -5.08. The van der Waals surface area contributed by atoms with Crippen molar-refractivity contribution in [3.05, 3.63) is 35.4 Å². The van der Waals surface area contributed by atoms with Gasteiger partial charge in [-0.1, -0.05) is 24.3 Å². The molecule has 14 heteroatoms. The lowest BCUT2D eigenvalue weighted by Crippen LogP contribution is -2.41. The Bertz CT molecular complexity index is 947. The molecule has 0 aliphatic carbocycles. The Balaban J connectivity index is 0.000000956. The maximum absolute atomic E-state index is 12.1. The normalized spacial score (nSPS) is 15.7. The molecule has 39 heavy (non-hydrogen) atoms. The molecule has 220 valence electrons. The molecule has 0 bridgehead atoms. The fourth-order valence-corrected chi connectivity index (χ4v) is 3.89. The van der Waals surface area contributed by atoms with Crippen LogP contribution in [0.5, 0.6) is 0 Å². The van der Waals surface area contributed by atoms with E-state index in [1.165, 1.54) is 0 Å². The first-order valence-electron chi connectivity index (χ1n) is 12.7. The third kappa shape index (κ3) is 14.5. The van der Waals surface area contributed by atoms with Crippen LogP contribution in [-0.2, 0) is 32.3 Å². The van der Waals surface area contributed by atoms with Gasteiger partial charge in [-0.3, -0.25) is 19.3 Å². The predicted octanol–water partition coefficient (Wildman–Crippen LogP) is 0.420. The molecule has 1 aromatic carbocycles. The summed E-state index contributed by atoms with van der Waals surface area (Å²) >= 11 is 0. The highest BCUT2D eigenvalue weighted by Crippen LogP contribution is 2.19. The summed E-state index contributed by atoms with van der Waals surface area (Å²) in [6.07, 6.45) is -1.55. The van der Waals surface area contributed by atoms with Crippen molar-refractivity contribution >= 4 is 23.7 Å². The van der Waals surface area contributed by atoms with Gasteiger partial charge < -0.3 is 32.1 Å². The molecule has 1 atom stereocenters. The van der Waals surface area contributed by atoms with Crippen molar-refractivity contribution in [1.29, 1.82) is 0 Å². The van der Waals surface area contributed by atoms with Crippen LogP contribution in [0.1, 0.15) is 36.8 Å². The van der Waals surface area contributed by atoms with Crippen molar-refractivity contribution in [3.8, 4) is 0 Å². The summed E-state index contributed by atoms with van der Waals surface area (Å²) < 4.78 is 31.7. The third-order valence-electron chi connectivity index (χ3n) is 5.95. The standard InChI is InChI=1S/C23H38N6O3.C2HF3O2/c1-28(11-4-9-24)12-5-10-26-22(31)23(32)27-15-18-6-2-7-19(14-18)16-29-13-3-8-20(17-29)21(25)30;3-2(4,5)1(6)7/h2,6-7,14,20H,3-5,8-13,15-17,24H2,1H3,(H2,25,30)(H,26,31)(H,27,32);(H,6,7). The van der Waals surface area contributed by atoms with E-state index in [4.69, 9.17) is 21.4 Å². The van der Waals surface area contributed by atoms with E-state index in [1.54, 1.807) is 0 Å². The first-order chi connectivity index (χ1) is 18.3. The fraction of sp³-hybridized carbons (Fsp3) is 0.600. The van der Waals surface area contributed by atoms with E-state index in [2.05, 4.69) is 20.4 Å². The Hall–Kier alpha value is -3.23. The molecular weight excluding hydrogens is 521 g/mol. The number of piperidine rings is 1. The highest BCUT2D eigenvalue weighted by molar-refractivity contribution is 6.35. The molecule has 0 aromatic heterocycles. The fourth-order valence-electron chi connectivity index (χ4n) is 3.89. The zero-order valence-electron chi connectivity index (χ0n) is 22.1. The maximum atomic E-state index is 12.1. The van der Waals surface area contributed by atoms with E-state index < -0.39 is 24.0 Å². The zero-order chi connectivity index (χ0) is 29.4. The molecule has 2 rings (SSSR count). The zero-order valence-corrected chi connectivity index (χ0v) is 22.1. The molecule has 7 N–H and O–H groups in total. The van der Waals surface area contributed by atoms with Crippen molar-refractivity contribution < 1.29 is 37.5 Å². The SMILES string of the molecule is CN(CCCN)CCCNC(=O)C(=O)NCc1cccc(CN2CCCC(C(N)=O)C2)c1.O=C(O)C(F)(F)F. The number of carbonyl (C=O) groups excluding carboxylic acids is 3. The van der Waals surface area contributed by atoms with Crippen LogP contribution in [0.25, 0.3) is 0 Å². The molecule has 0 saturated carbocycles. The summed E-state index contributed by atoms with van der Waals surface area (Å²) in [6, 6.07) is 7.90. The molecule has 11 nitrogen and oxygen atoms in total. The molecule has 1 heterocycles. The molecule has 3 amide bonds. The number of nitrogens with zero attached hydrogens (tertiary/aromatic N) is 2. The van der Waals surface area contributed by atoms with E-state index in [1.807, 2.05) is 31.3 Å². The summed E-state index contributed by atoms with van der Waals surface area (Å²) in [5.41, 5.74) is 13.0. The summed E-state index contributed by atoms with van der Waals surface area (Å²) in [5.74, 6) is -4.32. The summed E-state index contributed by atoms with van der Waals surface area (Å²) in [5, 5.41) is 12.5. The quantitative estimate of drug-likeness (QED) is 0.181. The van der Waals surface area contributed by atoms with Gasteiger partial charge in [-0.05, 0) is 70.0 Å². The lowest BCUT2D eigenvalue weighted by molar-refractivity contribution is -0.192. The van der Waals surface area contributed by atoms with Crippen LogP contribution < -0.4 is 22.1 Å². The average molecular weight is 561 g/mol. The number of nitrogens with two attached hydrogens (primary N) is 2. The van der Waals surface area contributed by atoms with Gasteiger partial charge >= 0.3 is 24.0 Å². The van der Waals surface area contributed by atoms with Crippen LogP contribution >= 0.6 is 0 Å². The van der Waals surface area contributed by atoms with Crippen LogP contribution in [0.4, 0.5) is 13.2 Å². The molecule has 0 spiro atoms. The van der Waals surface area contributed by atoms with Gasteiger partial charge in [-0.2, -0.15) is 13.2 Å². The number of aliphatic carboxylic acids is 1. The van der Waals surface area contributed by atoms with Crippen LogP contribution in [0.15, 0.2) is 24.3 Å². The minimum absolute atomic E-state index is 0.0870. The highest BCUT2D eigenvalue weighted by Gasteiger charge is 2.38. The summed E-state index contributed by atoms with van der Waals surface area (Å²) in [6.45, 7) is 5.51. The van der Waals surface area contributed by atoms with Crippen LogP contribution in [0.3, 0.4) is 0 Å². The monoisotopic (exact) mass is 560 g/mol. The van der Waals surface area contributed by atoms with Crippen molar-refractivity contribution in [1.82, 2.24) is 20.4 Å². The van der Waals surface area contributed by atoms with Crippen LogP contribution in [0, 0.1) is 5.92 Å². The van der Waals surface area contributed by atoms with Gasteiger partial charge in [0.15, 0.2) is 0 Å². The topological polar surface area (TPSA) is 171 Å². The average Bonchev–Trinajstić information content (AvgIpc) is 2.88. The van der Waals surface area contributed by atoms with Gasteiger partial charge in [0.05, 0.1) is 5.92 Å². The summed E-state index contributed by atoms with van der Waals surface area (Å²) in [7, 11) is 2.01. The molecule has 1 saturated heterocycles. The first kappa shape index (κ1) is 33.8. The first-order valence-corrected chi connectivity index (χ1v) is 12.7. The van der Waals surface area contributed by atoms with Crippen molar-refractivity contribution in [2.45, 2.75) is 44.9 Å².